The van der Waals surface area contributed by atoms with E-state index in [0.29, 0.717) is 10.3 Å². The molecule has 3 aromatic heterocycles. The SMILES string of the molecule is CSc1nn2c(=O)c3c(nc2s1)sc1ccccc13. The zero-order chi connectivity index (χ0) is 13.0. The molecule has 0 radical (unpaired) electrons. The number of nitrogens with zero attached hydrogens (tertiary/aromatic N) is 3. The third kappa shape index (κ3) is 1.55. The summed E-state index contributed by atoms with van der Waals surface area (Å²) in [4.78, 5) is 18.6. The highest BCUT2D eigenvalue weighted by molar-refractivity contribution is 8.00. The maximum Gasteiger partial charge on any atom is 0.284 e. The molecule has 0 saturated carbocycles. The Balaban J connectivity index is 2.27. The van der Waals surface area contributed by atoms with Crippen LogP contribution in [0.3, 0.4) is 0 Å². The Hall–Kier alpha value is -1.44. The molecule has 3 heterocycles. The third-order valence-corrected chi connectivity index (χ3v) is 5.85. The predicted molar refractivity (Wildman–Crippen MR) is 81.8 cm³/mol. The lowest BCUT2D eigenvalue weighted by Crippen LogP contribution is -2.14. The molecule has 0 atom stereocenters. The Kier molecular flexibility index (Phi) is 2.41. The van der Waals surface area contributed by atoms with Crippen molar-refractivity contribution in [2.45, 2.75) is 4.34 Å². The summed E-state index contributed by atoms with van der Waals surface area (Å²) in [7, 11) is 0. The van der Waals surface area contributed by atoms with E-state index in [1.165, 1.54) is 27.6 Å². The Labute approximate surface area is 119 Å². The van der Waals surface area contributed by atoms with Crippen LogP contribution in [0.2, 0.25) is 0 Å². The lowest BCUT2D eigenvalue weighted by molar-refractivity contribution is 0.872. The molecule has 4 aromatic rings. The van der Waals surface area contributed by atoms with Gasteiger partial charge in [-0.25, -0.2) is 4.98 Å². The summed E-state index contributed by atoms with van der Waals surface area (Å²) >= 11 is 4.53. The summed E-state index contributed by atoms with van der Waals surface area (Å²) < 4.78 is 3.36. The van der Waals surface area contributed by atoms with E-state index in [2.05, 4.69) is 10.1 Å². The molecule has 0 aliphatic rings. The molecule has 4 rings (SSSR count). The molecule has 0 saturated heterocycles. The standard InChI is InChI=1S/C12H7N3OS3/c1-17-12-14-15-10(16)8-6-4-2-3-5-7(6)18-9(8)13-11(15)19-12/h2-5H,1H3. The summed E-state index contributed by atoms with van der Waals surface area (Å²) in [5.74, 6) is 0. The monoisotopic (exact) mass is 305 g/mol. The number of rotatable bonds is 1. The summed E-state index contributed by atoms with van der Waals surface area (Å²) in [5.41, 5.74) is -0.0750. The number of thiophene rings is 1. The van der Waals surface area contributed by atoms with Gasteiger partial charge in [0, 0.05) is 10.1 Å². The topological polar surface area (TPSA) is 47.3 Å². The van der Waals surface area contributed by atoms with E-state index >= 15 is 0 Å². The van der Waals surface area contributed by atoms with Crippen LogP contribution in [0.15, 0.2) is 33.4 Å². The molecule has 0 aliphatic carbocycles. The molecule has 94 valence electrons. The minimum absolute atomic E-state index is 0.0750. The van der Waals surface area contributed by atoms with Crippen molar-refractivity contribution in [1.29, 1.82) is 0 Å². The number of hydrogen-bond acceptors (Lipinski definition) is 6. The first-order valence-electron chi connectivity index (χ1n) is 5.53. The summed E-state index contributed by atoms with van der Waals surface area (Å²) in [6.07, 6.45) is 1.94. The van der Waals surface area contributed by atoms with Crippen LogP contribution in [0, 0.1) is 0 Å². The van der Waals surface area contributed by atoms with E-state index in [1.807, 2.05) is 30.5 Å². The number of benzene rings is 1. The van der Waals surface area contributed by atoms with Crippen molar-refractivity contribution >= 4 is 59.7 Å². The maximum atomic E-state index is 12.6. The second kappa shape index (κ2) is 4.03. The van der Waals surface area contributed by atoms with Crippen molar-refractivity contribution in [2.75, 3.05) is 6.26 Å². The molecular formula is C12H7N3OS3. The highest BCUT2D eigenvalue weighted by Gasteiger charge is 2.15. The van der Waals surface area contributed by atoms with E-state index in [-0.39, 0.29) is 5.56 Å². The highest BCUT2D eigenvalue weighted by Crippen LogP contribution is 2.31. The van der Waals surface area contributed by atoms with Gasteiger partial charge in [0.25, 0.3) is 5.56 Å². The molecule has 1 aromatic carbocycles. The lowest BCUT2D eigenvalue weighted by atomic mass is 10.2. The van der Waals surface area contributed by atoms with Gasteiger partial charge in [-0.2, -0.15) is 4.52 Å². The zero-order valence-electron chi connectivity index (χ0n) is 9.78. The molecule has 0 fully saturated rings. The van der Waals surface area contributed by atoms with Crippen LogP contribution in [0.4, 0.5) is 0 Å². The maximum absolute atomic E-state index is 12.6. The molecule has 7 heteroatoms. The van der Waals surface area contributed by atoms with Crippen LogP contribution in [-0.4, -0.2) is 20.9 Å². The average Bonchev–Trinajstić information content (AvgIpc) is 2.99. The van der Waals surface area contributed by atoms with Crippen LogP contribution < -0.4 is 5.56 Å². The normalized spacial score (nSPS) is 11.8. The zero-order valence-corrected chi connectivity index (χ0v) is 12.2. The van der Waals surface area contributed by atoms with E-state index in [0.717, 1.165) is 19.3 Å². The van der Waals surface area contributed by atoms with Gasteiger partial charge in [0.2, 0.25) is 4.96 Å². The van der Waals surface area contributed by atoms with Gasteiger partial charge in [-0.3, -0.25) is 4.79 Å². The van der Waals surface area contributed by atoms with Gasteiger partial charge in [0.05, 0.1) is 5.39 Å². The smallest absolute Gasteiger partial charge is 0.266 e. The van der Waals surface area contributed by atoms with E-state index in [4.69, 9.17) is 0 Å². The average molecular weight is 305 g/mol. The molecule has 0 N–H and O–H groups in total. The second-order valence-electron chi connectivity index (χ2n) is 3.96. The van der Waals surface area contributed by atoms with Crippen LogP contribution in [0.5, 0.6) is 0 Å². The first kappa shape index (κ1) is 11.4. The van der Waals surface area contributed by atoms with Crippen LogP contribution >= 0.6 is 34.4 Å². The number of hydrogen-bond donors (Lipinski definition) is 0. The first-order valence-corrected chi connectivity index (χ1v) is 8.39. The van der Waals surface area contributed by atoms with Crippen molar-refractivity contribution in [3.63, 3.8) is 0 Å². The molecule has 0 bridgehead atoms. The first-order chi connectivity index (χ1) is 9.28. The number of fused-ring (bicyclic) bond motifs is 4. The van der Waals surface area contributed by atoms with Gasteiger partial charge in [-0.05, 0) is 12.3 Å². The van der Waals surface area contributed by atoms with Crippen molar-refractivity contribution in [3.05, 3.63) is 34.6 Å². The lowest BCUT2D eigenvalue weighted by Gasteiger charge is -1.91. The molecule has 0 aliphatic heterocycles. The molecule has 0 spiro atoms. The van der Waals surface area contributed by atoms with Gasteiger partial charge >= 0.3 is 0 Å². The van der Waals surface area contributed by atoms with Crippen molar-refractivity contribution in [2.24, 2.45) is 0 Å². The van der Waals surface area contributed by atoms with Crippen LogP contribution in [0.25, 0.3) is 25.3 Å². The predicted octanol–water partition coefficient (Wildman–Crippen LogP) is 3.24. The van der Waals surface area contributed by atoms with Crippen molar-refractivity contribution in [3.8, 4) is 0 Å². The van der Waals surface area contributed by atoms with E-state index < -0.39 is 0 Å². The Morgan fingerprint density at radius 1 is 1.26 bits per heavy atom. The van der Waals surface area contributed by atoms with Crippen molar-refractivity contribution in [1.82, 2.24) is 14.6 Å². The summed E-state index contributed by atoms with van der Waals surface area (Å²) in [6.45, 7) is 0. The van der Waals surface area contributed by atoms with Gasteiger partial charge in [-0.1, -0.05) is 41.3 Å². The number of thioether (sulfide) groups is 1. The van der Waals surface area contributed by atoms with E-state index in [9.17, 15) is 4.79 Å². The largest absolute Gasteiger partial charge is 0.284 e. The Morgan fingerprint density at radius 3 is 2.95 bits per heavy atom. The van der Waals surface area contributed by atoms with Crippen molar-refractivity contribution < 1.29 is 0 Å². The summed E-state index contributed by atoms with van der Waals surface area (Å²) in [6, 6.07) is 7.89. The fourth-order valence-corrected chi connectivity index (χ4v) is 4.53. The molecule has 4 nitrogen and oxygen atoms in total. The third-order valence-electron chi connectivity index (χ3n) is 2.90. The molecule has 19 heavy (non-hydrogen) atoms. The molecule has 0 amide bonds. The van der Waals surface area contributed by atoms with Gasteiger partial charge in [0.15, 0.2) is 4.34 Å². The van der Waals surface area contributed by atoms with Gasteiger partial charge in [-0.15, -0.1) is 16.4 Å². The van der Waals surface area contributed by atoms with Crippen LogP contribution in [0.1, 0.15) is 0 Å². The fourth-order valence-electron chi connectivity index (χ4n) is 2.06. The minimum Gasteiger partial charge on any atom is -0.266 e. The highest BCUT2D eigenvalue weighted by atomic mass is 32.2. The Bertz CT molecular complexity index is 982. The minimum atomic E-state index is -0.0750. The molecule has 0 unspecified atom stereocenters. The van der Waals surface area contributed by atoms with Crippen LogP contribution in [-0.2, 0) is 0 Å². The van der Waals surface area contributed by atoms with E-state index in [1.54, 1.807) is 11.3 Å². The quantitative estimate of drug-likeness (QED) is 0.507. The van der Waals surface area contributed by atoms with Gasteiger partial charge in [0.1, 0.15) is 4.83 Å². The summed E-state index contributed by atoms with van der Waals surface area (Å²) in [5, 5.41) is 5.94. The fraction of sp³-hybridized carbons (Fsp3) is 0.0833. The van der Waals surface area contributed by atoms with Gasteiger partial charge < -0.3 is 0 Å². The molecular weight excluding hydrogens is 298 g/mol. The second-order valence-corrected chi connectivity index (χ2v) is 7.00. The number of aromatic nitrogens is 3. The Morgan fingerprint density at radius 2 is 2.11 bits per heavy atom.